The summed E-state index contributed by atoms with van der Waals surface area (Å²) >= 11 is 0. The summed E-state index contributed by atoms with van der Waals surface area (Å²) < 4.78 is 2.64. The largest absolute Gasteiger partial charge is 0.342 e. The van der Waals surface area contributed by atoms with Crippen LogP contribution in [0, 0.1) is 6.92 Å². The third kappa shape index (κ3) is 2.65. The molecular weight excluding hydrogens is 328 g/mol. The van der Waals surface area contributed by atoms with Crippen molar-refractivity contribution in [2.24, 2.45) is 0 Å². The van der Waals surface area contributed by atoms with Gasteiger partial charge in [-0.25, -0.2) is 0 Å². The van der Waals surface area contributed by atoms with Crippen LogP contribution < -0.4 is 0 Å². The minimum atomic E-state index is 0.473. The van der Waals surface area contributed by atoms with Crippen LogP contribution in [-0.2, 0) is 19.4 Å². The third-order valence-electron chi connectivity index (χ3n) is 6.91. The summed E-state index contributed by atoms with van der Waals surface area (Å²) in [7, 11) is 0. The lowest BCUT2D eigenvalue weighted by molar-refractivity contribution is 0.0973. The topological polar surface area (TPSA) is 8.17 Å². The minimum Gasteiger partial charge on any atom is -0.342 e. The first-order chi connectivity index (χ1) is 13.2. The quantitative estimate of drug-likeness (QED) is 0.560. The third-order valence-corrected chi connectivity index (χ3v) is 6.91. The fourth-order valence-corrected chi connectivity index (χ4v) is 5.47. The number of rotatable bonds is 3. The summed E-state index contributed by atoms with van der Waals surface area (Å²) in [6.07, 6.45) is 4.96. The molecule has 0 N–H and O–H groups in total. The van der Waals surface area contributed by atoms with Crippen molar-refractivity contribution in [3.8, 4) is 0 Å². The van der Waals surface area contributed by atoms with E-state index in [4.69, 9.17) is 0 Å². The van der Waals surface area contributed by atoms with Gasteiger partial charge in [-0.1, -0.05) is 42.8 Å². The highest BCUT2D eigenvalue weighted by molar-refractivity contribution is 5.87. The normalized spacial score (nSPS) is 20.6. The lowest BCUT2D eigenvalue weighted by atomic mass is 9.88. The van der Waals surface area contributed by atoms with Crippen LogP contribution in [0.4, 0.5) is 0 Å². The monoisotopic (exact) mass is 358 g/mol. The Morgan fingerprint density at radius 2 is 2.00 bits per heavy atom. The highest BCUT2D eigenvalue weighted by Gasteiger charge is 2.36. The zero-order valence-electron chi connectivity index (χ0n) is 16.8. The molecule has 2 aliphatic rings. The zero-order chi connectivity index (χ0) is 18.5. The summed E-state index contributed by atoms with van der Waals surface area (Å²) in [5.74, 6) is 0. The molecular formula is C25H30N2. The van der Waals surface area contributed by atoms with Gasteiger partial charge in [0.25, 0.3) is 0 Å². The minimum absolute atomic E-state index is 0.473. The SMILES string of the molecule is CCc1cccc([C@H](C)N2CCn3c4c(c5cc(C)ccc53)CCCC42)c1. The molecule has 2 heterocycles. The molecule has 0 spiro atoms. The van der Waals surface area contributed by atoms with E-state index in [1.807, 2.05) is 0 Å². The van der Waals surface area contributed by atoms with Crippen LogP contribution in [0.3, 0.4) is 0 Å². The van der Waals surface area contributed by atoms with Gasteiger partial charge in [0.1, 0.15) is 0 Å². The standard InChI is InChI=1S/C25H30N2/c1-4-19-7-5-8-20(16-19)18(3)26-13-14-27-23-12-11-17(2)15-22(23)21-9-6-10-24(26)25(21)27/h5,7-8,11-12,15-16,18,24H,4,6,9-10,13-14H2,1-3H3/t18-,24?/m0/s1. The summed E-state index contributed by atoms with van der Waals surface area (Å²) in [5, 5.41) is 1.51. The highest BCUT2D eigenvalue weighted by atomic mass is 15.3. The molecule has 2 aromatic carbocycles. The van der Waals surface area contributed by atoms with Gasteiger partial charge in [0.2, 0.25) is 0 Å². The van der Waals surface area contributed by atoms with Crippen LogP contribution in [0.1, 0.15) is 66.7 Å². The highest BCUT2D eigenvalue weighted by Crippen LogP contribution is 2.45. The van der Waals surface area contributed by atoms with Crippen molar-refractivity contribution in [3.05, 3.63) is 70.4 Å². The average Bonchev–Trinajstić information content (AvgIpc) is 3.03. The first-order valence-corrected chi connectivity index (χ1v) is 10.6. The molecule has 1 aliphatic heterocycles. The maximum absolute atomic E-state index is 2.78. The van der Waals surface area contributed by atoms with Gasteiger partial charge in [0, 0.05) is 35.7 Å². The van der Waals surface area contributed by atoms with Crippen molar-refractivity contribution >= 4 is 10.9 Å². The molecule has 0 saturated heterocycles. The van der Waals surface area contributed by atoms with Gasteiger partial charge in [-0.15, -0.1) is 0 Å². The molecule has 0 saturated carbocycles. The Labute approximate surface area is 162 Å². The zero-order valence-corrected chi connectivity index (χ0v) is 16.8. The molecule has 0 fully saturated rings. The van der Waals surface area contributed by atoms with E-state index in [2.05, 4.69) is 72.7 Å². The van der Waals surface area contributed by atoms with Crippen LogP contribution in [-0.4, -0.2) is 16.0 Å². The molecule has 0 radical (unpaired) electrons. The number of benzene rings is 2. The number of hydrogen-bond donors (Lipinski definition) is 0. The number of aryl methyl sites for hydroxylation is 3. The van der Waals surface area contributed by atoms with E-state index >= 15 is 0 Å². The summed E-state index contributed by atoms with van der Waals surface area (Å²) in [5.41, 5.74) is 9.01. The lowest BCUT2D eigenvalue weighted by Crippen LogP contribution is -2.41. The summed E-state index contributed by atoms with van der Waals surface area (Å²) in [6, 6.07) is 17.3. The second kappa shape index (κ2) is 6.53. The molecule has 2 atom stereocenters. The van der Waals surface area contributed by atoms with E-state index in [1.165, 1.54) is 46.9 Å². The molecule has 1 aliphatic carbocycles. The van der Waals surface area contributed by atoms with E-state index in [-0.39, 0.29) is 0 Å². The Hall–Kier alpha value is -2.06. The fraction of sp³-hybridized carbons (Fsp3) is 0.440. The molecule has 5 rings (SSSR count). The lowest BCUT2D eigenvalue weighted by Gasteiger charge is -2.43. The predicted molar refractivity (Wildman–Crippen MR) is 113 cm³/mol. The predicted octanol–water partition coefficient (Wildman–Crippen LogP) is 5.97. The maximum Gasteiger partial charge on any atom is 0.0510 e. The maximum atomic E-state index is 2.78. The van der Waals surface area contributed by atoms with Gasteiger partial charge in [0.05, 0.1) is 6.04 Å². The fourth-order valence-electron chi connectivity index (χ4n) is 5.47. The Balaban J connectivity index is 1.58. The van der Waals surface area contributed by atoms with E-state index < -0.39 is 0 Å². The number of hydrogen-bond acceptors (Lipinski definition) is 1. The molecule has 0 amide bonds. The number of aromatic nitrogens is 1. The first-order valence-electron chi connectivity index (χ1n) is 10.6. The van der Waals surface area contributed by atoms with Crippen LogP contribution in [0.25, 0.3) is 10.9 Å². The molecule has 2 nitrogen and oxygen atoms in total. The molecule has 1 aromatic heterocycles. The Morgan fingerprint density at radius 3 is 2.85 bits per heavy atom. The molecule has 2 heteroatoms. The average molecular weight is 359 g/mol. The van der Waals surface area contributed by atoms with Crippen LogP contribution in [0.15, 0.2) is 42.5 Å². The molecule has 0 bridgehead atoms. The Morgan fingerprint density at radius 1 is 1.11 bits per heavy atom. The van der Waals surface area contributed by atoms with Crippen molar-refractivity contribution in [1.29, 1.82) is 0 Å². The van der Waals surface area contributed by atoms with Crippen LogP contribution in [0.5, 0.6) is 0 Å². The van der Waals surface area contributed by atoms with Crippen molar-refractivity contribution in [1.82, 2.24) is 9.47 Å². The van der Waals surface area contributed by atoms with Crippen molar-refractivity contribution in [2.75, 3.05) is 6.54 Å². The second-order valence-electron chi connectivity index (χ2n) is 8.46. The molecule has 3 aromatic rings. The molecule has 27 heavy (non-hydrogen) atoms. The van der Waals surface area contributed by atoms with E-state index in [0.717, 1.165) is 19.5 Å². The van der Waals surface area contributed by atoms with Gasteiger partial charge in [-0.05, 0) is 68.4 Å². The van der Waals surface area contributed by atoms with Crippen LogP contribution in [0.2, 0.25) is 0 Å². The Bertz CT molecular complexity index is 997. The van der Waals surface area contributed by atoms with E-state index in [9.17, 15) is 0 Å². The Kier molecular flexibility index (Phi) is 4.12. The molecule has 140 valence electrons. The van der Waals surface area contributed by atoms with Gasteiger partial charge in [-0.2, -0.15) is 0 Å². The smallest absolute Gasteiger partial charge is 0.0510 e. The van der Waals surface area contributed by atoms with E-state index in [1.54, 1.807) is 11.3 Å². The summed E-state index contributed by atoms with van der Waals surface area (Å²) in [6.45, 7) is 9.14. The van der Waals surface area contributed by atoms with E-state index in [0.29, 0.717) is 12.1 Å². The summed E-state index contributed by atoms with van der Waals surface area (Å²) in [4.78, 5) is 2.78. The van der Waals surface area contributed by atoms with Gasteiger partial charge in [0.15, 0.2) is 0 Å². The van der Waals surface area contributed by atoms with Gasteiger partial charge in [-0.3, -0.25) is 4.90 Å². The van der Waals surface area contributed by atoms with Crippen LogP contribution >= 0.6 is 0 Å². The van der Waals surface area contributed by atoms with Crippen molar-refractivity contribution < 1.29 is 0 Å². The number of fused-ring (bicyclic) bond motifs is 3. The molecule has 1 unspecified atom stereocenters. The van der Waals surface area contributed by atoms with Crippen molar-refractivity contribution in [3.63, 3.8) is 0 Å². The number of nitrogens with zero attached hydrogens (tertiary/aromatic N) is 2. The van der Waals surface area contributed by atoms with Gasteiger partial charge >= 0.3 is 0 Å². The van der Waals surface area contributed by atoms with Crippen molar-refractivity contribution in [2.45, 2.75) is 65.1 Å². The second-order valence-corrected chi connectivity index (χ2v) is 8.46. The van der Waals surface area contributed by atoms with Gasteiger partial charge < -0.3 is 4.57 Å². The first kappa shape index (κ1) is 17.1.